The third kappa shape index (κ3) is 3.68. The van der Waals surface area contributed by atoms with Gasteiger partial charge in [0, 0.05) is 0 Å². The number of fused-ring (bicyclic) bond motifs is 1. The van der Waals surface area contributed by atoms with Gasteiger partial charge in [0.2, 0.25) is 0 Å². The molecule has 0 spiro atoms. The molecular formula is C22H25BO3. The quantitative estimate of drug-likeness (QED) is 0.691. The van der Waals surface area contributed by atoms with Crippen LogP contribution in [0.25, 0.3) is 21.9 Å². The van der Waals surface area contributed by atoms with Crippen LogP contribution in [0, 0.1) is 0 Å². The number of rotatable bonds is 5. The van der Waals surface area contributed by atoms with Crippen molar-refractivity contribution in [3.05, 3.63) is 66.7 Å². The fraction of sp³-hybridized carbons (Fsp3) is 0.273. The van der Waals surface area contributed by atoms with Crippen molar-refractivity contribution in [3.8, 4) is 11.1 Å². The van der Waals surface area contributed by atoms with Crippen molar-refractivity contribution in [2.45, 2.75) is 38.9 Å². The molecule has 0 bridgehead atoms. The van der Waals surface area contributed by atoms with Gasteiger partial charge in [0.05, 0.1) is 11.2 Å². The summed E-state index contributed by atoms with van der Waals surface area (Å²) in [6.07, 6.45) is 0. The van der Waals surface area contributed by atoms with Crippen LogP contribution in [0.5, 0.6) is 0 Å². The maximum Gasteiger partial charge on any atom is 0.491 e. The Kier molecular flexibility index (Phi) is 4.93. The van der Waals surface area contributed by atoms with E-state index in [9.17, 15) is 10.1 Å². The monoisotopic (exact) mass is 348 g/mol. The maximum atomic E-state index is 10.4. The SMILES string of the molecule is CC(C)(O)C(C)(C)OB(O)c1ccc(-c2cccc3ccccc23)cc1. The van der Waals surface area contributed by atoms with E-state index in [1.54, 1.807) is 27.7 Å². The Balaban J connectivity index is 1.87. The van der Waals surface area contributed by atoms with Gasteiger partial charge in [0.1, 0.15) is 0 Å². The highest BCUT2D eigenvalue weighted by molar-refractivity contribution is 6.60. The Labute approximate surface area is 155 Å². The van der Waals surface area contributed by atoms with Crippen molar-refractivity contribution in [1.82, 2.24) is 0 Å². The average molecular weight is 348 g/mol. The number of benzene rings is 3. The minimum atomic E-state index is -1.10. The molecule has 3 nitrogen and oxygen atoms in total. The molecule has 134 valence electrons. The van der Waals surface area contributed by atoms with Gasteiger partial charge in [0.15, 0.2) is 0 Å². The van der Waals surface area contributed by atoms with E-state index in [4.69, 9.17) is 4.65 Å². The van der Waals surface area contributed by atoms with E-state index in [2.05, 4.69) is 30.3 Å². The number of hydrogen-bond acceptors (Lipinski definition) is 3. The highest BCUT2D eigenvalue weighted by Gasteiger charge is 2.39. The normalized spacial score (nSPS) is 12.4. The lowest BCUT2D eigenvalue weighted by molar-refractivity contribution is -0.0982. The first kappa shape index (κ1) is 18.6. The second-order valence-electron chi connectivity index (χ2n) is 7.69. The van der Waals surface area contributed by atoms with Crippen molar-refractivity contribution in [2.24, 2.45) is 0 Å². The molecule has 0 aliphatic carbocycles. The fourth-order valence-corrected chi connectivity index (χ4v) is 2.80. The zero-order chi connectivity index (χ0) is 18.9. The van der Waals surface area contributed by atoms with Crippen molar-refractivity contribution in [1.29, 1.82) is 0 Å². The summed E-state index contributed by atoms with van der Waals surface area (Å²) < 4.78 is 5.71. The maximum absolute atomic E-state index is 10.4. The fourth-order valence-electron chi connectivity index (χ4n) is 2.80. The zero-order valence-corrected chi connectivity index (χ0v) is 15.7. The van der Waals surface area contributed by atoms with Crippen LogP contribution >= 0.6 is 0 Å². The van der Waals surface area contributed by atoms with Gasteiger partial charge in [-0.1, -0.05) is 66.7 Å². The minimum absolute atomic E-state index is 0.659. The van der Waals surface area contributed by atoms with Gasteiger partial charge in [-0.15, -0.1) is 0 Å². The first-order valence-electron chi connectivity index (χ1n) is 8.85. The van der Waals surface area contributed by atoms with Gasteiger partial charge < -0.3 is 14.8 Å². The van der Waals surface area contributed by atoms with E-state index < -0.39 is 18.3 Å². The summed E-state index contributed by atoms with van der Waals surface area (Å²) in [6, 6.07) is 22.2. The second-order valence-corrected chi connectivity index (χ2v) is 7.69. The summed E-state index contributed by atoms with van der Waals surface area (Å²) in [6.45, 7) is 6.87. The lowest BCUT2D eigenvalue weighted by Gasteiger charge is -2.38. The first-order chi connectivity index (χ1) is 12.2. The molecule has 3 rings (SSSR count). The number of aliphatic hydroxyl groups is 1. The average Bonchev–Trinajstić information content (AvgIpc) is 2.60. The Morgan fingerprint density at radius 3 is 2.08 bits per heavy atom. The standard InChI is InChI=1S/C22H25BO3/c1-21(2,24)22(3,4)26-23(25)18-14-12-17(13-15-18)20-11-7-9-16-8-5-6-10-19(16)20/h5-15,24-25H,1-4H3. The molecule has 0 aromatic heterocycles. The van der Waals surface area contributed by atoms with Crippen LogP contribution in [0.3, 0.4) is 0 Å². The van der Waals surface area contributed by atoms with Gasteiger partial charge in [0.25, 0.3) is 0 Å². The molecule has 0 heterocycles. The van der Waals surface area contributed by atoms with E-state index in [-0.39, 0.29) is 0 Å². The second kappa shape index (κ2) is 6.88. The zero-order valence-electron chi connectivity index (χ0n) is 15.7. The lowest BCUT2D eigenvalue weighted by atomic mass is 9.76. The molecule has 0 saturated carbocycles. The smallest absolute Gasteiger partial charge is 0.423 e. The number of hydrogen-bond donors (Lipinski definition) is 2. The van der Waals surface area contributed by atoms with E-state index in [1.807, 2.05) is 36.4 Å². The Hall–Kier alpha value is -2.14. The molecule has 0 aliphatic heterocycles. The molecule has 0 unspecified atom stereocenters. The minimum Gasteiger partial charge on any atom is -0.423 e. The molecule has 3 aromatic rings. The molecule has 2 N–H and O–H groups in total. The third-order valence-corrected chi connectivity index (χ3v) is 5.18. The molecule has 4 heteroatoms. The predicted octanol–water partition coefficient (Wildman–Crippen LogP) is 3.76. The van der Waals surface area contributed by atoms with Crippen molar-refractivity contribution < 1.29 is 14.8 Å². The van der Waals surface area contributed by atoms with Crippen LogP contribution in [0.2, 0.25) is 0 Å². The molecule has 3 aromatic carbocycles. The van der Waals surface area contributed by atoms with Crippen LogP contribution in [0.15, 0.2) is 66.7 Å². The van der Waals surface area contributed by atoms with Crippen LogP contribution in [0.1, 0.15) is 27.7 Å². The van der Waals surface area contributed by atoms with Crippen molar-refractivity contribution in [3.63, 3.8) is 0 Å². The topological polar surface area (TPSA) is 49.7 Å². The molecule has 0 amide bonds. The Bertz CT molecular complexity index is 890. The van der Waals surface area contributed by atoms with E-state index in [0.717, 1.165) is 11.1 Å². The summed E-state index contributed by atoms with van der Waals surface area (Å²) in [5.41, 5.74) is 0.935. The van der Waals surface area contributed by atoms with Gasteiger partial charge in [-0.3, -0.25) is 0 Å². The van der Waals surface area contributed by atoms with Crippen LogP contribution in [-0.4, -0.2) is 28.5 Å². The largest absolute Gasteiger partial charge is 0.491 e. The molecule has 0 saturated heterocycles. The molecule has 26 heavy (non-hydrogen) atoms. The van der Waals surface area contributed by atoms with Crippen LogP contribution < -0.4 is 5.46 Å². The summed E-state index contributed by atoms with van der Waals surface area (Å²) in [4.78, 5) is 0. The van der Waals surface area contributed by atoms with Gasteiger partial charge in [-0.25, -0.2) is 0 Å². The van der Waals surface area contributed by atoms with E-state index >= 15 is 0 Å². The van der Waals surface area contributed by atoms with Crippen LogP contribution in [-0.2, 0) is 4.65 Å². The van der Waals surface area contributed by atoms with E-state index in [1.165, 1.54) is 10.8 Å². The van der Waals surface area contributed by atoms with Crippen LogP contribution in [0.4, 0.5) is 0 Å². The molecule has 0 fully saturated rings. The van der Waals surface area contributed by atoms with Crippen molar-refractivity contribution in [2.75, 3.05) is 0 Å². The summed E-state index contributed by atoms with van der Waals surface area (Å²) in [5.74, 6) is 0. The van der Waals surface area contributed by atoms with Crippen molar-refractivity contribution >= 4 is 23.4 Å². The van der Waals surface area contributed by atoms with Gasteiger partial charge >= 0.3 is 7.12 Å². The molecule has 0 atom stereocenters. The summed E-state index contributed by atoms with van der Waals surface area (Å²) in [5, 5.41) is 23.0. The summed E-state index contributed by atoms with van der Waals surface area (Å²) in [7, 11) is -1.10. The summed E-state index contributed by atoms with van der Waals surface area (Å²) >= 11 is 0. The molecule has 0 radical (unpaired) electrons. The van der Waals surface area contributed by atoms with E-state index in [0.29, 0.717) is 5.46 Å². The Morgan fingerprint density at radius 2 is 1.42 bits per heavy atom. The Morgan fingerprint density at radius 1 is 0.808 bits per heavy atom. The van der Waals surface area contributed by atoms with Gasteiger partial charge in [-0.2, -0.15) is 0 Å². The molecular weight excluding hydrogens is 323 g/mol. The third-order valence-electron chi connectivity index (χ3n) is 5.18. The lowest BCUT2D eigenvalue weighted by Crippen LogP contribution is -2.53. The molecule has 0 aliphatic rings. The highest BCUT2D eigenvalue weighted by atomic mass is 16.5. The predicted molar refractivity (Wildman–Crippen MR) is 108 cm³/mol. The highest BCUT2D eigenvalue weighted by Crippen LogP contribution is 2.28. The van der Waals surface area contributed by atoms with Gasteiger partial charge in [-0.05, 0) is 55.1 Å². The first-order valence-corrected chi connectivity index (χ1v) is 8.85.